The van der Waals surface area contributed by atoms with Crippen LogP contribution in [-0.2, 0) is 6.42 Å². The second kappa shape index (κ2) is 15.6. The van der Waals surface area contributed by atoms with Crippen LogP contribution in [0.1, 0.15) is 134 Å². The van der Waals surface area contributed by atoms with Crippen molar-refractivity contribution in [2.75, 3.05) is 0 Å². The van der Waals surface area contributed by atoms with Crippen molar-refractivity contribution in [2.45, 2.75) is 129 Å². The summed E-state index contributed by atoms with van der Waals surface area (Å²) in [7, 11) is 0. The fraction of sp³-hybridized carbons (Fsp3) is 0.697. The fourth-order valence-corrected chi connectivity index (χ4v) is 6.12. The molecule has 0 spiro atoms. The third-order valence-electron chi connectivity index (χ3n) is 8.45. The molecule has 2 aliphatic rings. The Labute approximate surface area is 206 Å². The standard InChI is InChI=1S/C33H52/c1-3-5-7-8-9-10-11-13-15-29-18-22-31(23-19-29)33-26-24-32(25-27-33)30-20-16-28(17-21-30)14-12-6-4-2/h16-17,20-21,24-26,29,31,33H,3-15,18-19,22-23,27H2,1-2H3/t29-,31-,33?. The lowest BCUT2D eigenvalue weighted by Crippen LogP contribution is -2.21. The summed E-state index contributed by atoms with van der Waals surface area (Å²) in [5.41, 5.74) is 4.34. The van der Waals surface area contributed by atoms with Gasteiger partial charge in [0.25, 0.3) is 0 Å². The van der Waals surface area contributed by atoms with Gasteiger partial charge in [-0.2, -0.15) is 0 Å². The van der Waals surface area contributed by atoms with E-state index in [9.17, 15) is 0 Å². The van der Waals surface area contributed by atoms with Crippen LogP contribution in [0.4, 0.5) is 0 Å². The third kappa shape index (κ3) is 9.46. The Kier molecular flexibility index (Phi) is 12.4. The van der Waals surface area contributed by atoms with E-state index in [0.29, 0.717) is 0 Å². The van der Waals surface area contributed by atoms with E-state index in [2.05, 4.69) is 56.3 Å². The van der Waals surface area contributed by atoms with Crippen molar-refractivity contribution < 1.29 is 0 Å². The number of hydrogen-bond donors (Lipinski definition) is 0. The van der Waals surface area contributed by atoms with E-state index >= 15 is 0 Å². The van der Waals surface area contributed by atoms with E-state index in [1.54, 1.807) is 0 Å². The molecule has 0 saturated heterocycles. The summed E-state index contributed by atoms with van der Waals surface area (Å²) in [5.74, 6) is 2.73. The van der Waals surface area contributed by atoms with Crippen molar-refractivity contribution in [1.82, 2.24) is 0 Å². The van der Waals surface area contributed by atoms with Gasteiger partial charge >= 0.3 is 0 Å². The molecule has 1 atom stereocenters. The number of rotatable bonds is 15. The first-order valence-electron chi connectivity index (χ1n) is 14.8. The fourth-order valence-electron chi connectivity index (χ4n) is 6.12. The molecule has 0 aromatic heterocycles. The lowest BCUT2D eigenvalue weighted by molar-refractivity contribution is 0.218. The lowest BCUT2D eigenvalue weighted by atomic mass is 9.72. The van der Waals surface area contributed by atoms with Crippen LogP contribution in [0, 0.1) is 17.8 Å². The highest BCUT2D eigenvalue weighted by molar-refractivity contribution is 5.75. The van der Waals surface area contributed by atoms with Crippen LogP contribution >= 0.6 is 0 Å². The first kappa shape index (κ1) is 26.3. The van der Waals surface area contributed by atoms with Crippen LogP contribution in [-0.4, -0.2) is 0 Å². The van der Waals surface area contributed by atoms with Crippen molar-refractivity contribution >= 4 is 5.57 Å². The molecule has 0 amide bonds. The summed E-state index contributed by atoms with van der Waals surface area (Å²) < 4.78 is 0. The molecule has 0 heterocycles. The Balaban J connectivity index is 1.30. The van der Waals surface area contributed by atoms with Crippen molar-refractivity contribution in [1.29, 1.82) is 0 Å². The highest BCUT2D eigenvalue weighted by Gasteiger charge is 2.26. The molecule has 184 valence electrons. The highest BCUT2D eigenvalue weighted by atomic mass is 14.3. The molecule has 0 aliphatic heterocycles. The molecule has 1 aromatic rings. The molecule has 1 fully saturated rings. The molecule has 0 radical (unpaired) electrons. The van der Waals surface area contributed by atoms with Gasteiger partial charge in [-0.25, -0.2) is 0 Å². The minimum atomic E-state index is 0.783. The Morgan fingerprint density at radius 2 is 1.33 bits per heavy atom. The van der Waals surface area contributed by atoms with Gasteiger partial charge in [0.05, 0.1) is 0 Å². The van der Waals surface area contributed by atoms with Crippen LogP contribution < -0.4 is 0 Å². The summed E-state index contributed by atoms with van der Waals surface area (Å²) in [6.07, 6.45) is 33.0. The van der Waals surface area contributed by atoms with E-state index in [1.807, 2.05) is 0 Å². The Bertz CT molecular complexity index is 683. The van der Waals surface area contributed by atoms with Gasteiger partial charge in [0, 0.05) is 0 Å². The largest absolute Gasteiger partial charge is 0.0802 e. The molecule has 0 bridgehead atoms. The first-order chi connectivity index (χ1) is 16.3. The topological polar surface area (TPSA) is 0 Å². The maximum Gasteiger partial charge on any atom is -0.0167 e. The Morgan fingerprint density at radius 1 is 0.697 bits per heavy atom. The Hall–Kier alpha value is -1.30. The van der Waals surface area contributed by atoms with Crippen LogP contribution in [0.25, 0.3) is 5.57 Å². The monoisotopic (exact) mass is 448 g/mol. The second-order valence-corrected chi connectivity index (χ2v) is 11.1. The minimum Gasteiger partial charge on any atom is -0.0802 e. The van der Waals surface area contributed by atoms with E-state index in [4.69, 9.17) is 0 Å². The maximum absolute atomic E-state index is 2.55. The predicted molar refractivity (Wildman–Crippen MR) is 148 cm³/mol. The molecular formula is C33H52. The van der Waals surface area contributed by atoms with Crippen LogP contribution in [0.15, 0.2) is 42.5 Å². The van der Waals surface area contributed by atoms with E-state index in [0.717, 1.165) is 17.8 Å². The zero-order valence-corrected chi connectivity index (χ0v) is 22.0. The van der Waals surface area contributed by atoms with Crippen molar-refractivity contribution in [2.24, 2.45) is 17.8 Å². The maximum atomic E-state index is 2.55. The summed E-state index contributed by atoms with van der Waals surface area (Å²) in [5, 5.41) is 0. The third-order valence-corrected chi connectivity index (χ3v) is 8.45. The summed E-state index contributed by atoms with van der Waals surface area (Å²) in [6.45, 7) is 4.59. The van der Waals surface area contributed by atoms with Crippen molar-refractivity contribution in [3.8, 4) is 0 Å². The molecule has 33 heavy (non-hydrogen) atoms. The van der Waals surface area contributed by atoms with E-state index in [-0.39, 0.29) is 0 Å². The van der Waals surface area contributed by atoms with Gasteiger partial charge in [-0.3, -0.25) is 0 Å². The molecule has 1 aromatic carbocycles. The second-order valence-electron chi connectivity index (χ2n) is 11.1. The van der Waals surface area contributed by atoms with Crippen molar-refractivity contribution in [3.05, 3.63) is 53.6 Å². The molecule has 2 aliphatic carbocycles. The summed E-state index contributed by atoms with van der Waals surface area (Å²) in [6, 6.07) is 9.38. The smallest absolute Gasteiger partial charge is 0.0167 e. The van der Waals surface area contributed by atoms with Crippen LogP contribution in [0.5, 0.6) is 0 Å². The van der Waals surface area contributed by atoms with Crippen molar-refractivity contribution in [3.63, 3.8) is 0 Å². The van der Waals surface area contributed by atoms with Gasteiger partial charge in [0.2, 0.25) is 0 Å². The highest BCUT2D eigenvalue weighted by Crippen LogP contribution is 2.39. The molecule has 0 N–H and O–H groups in total. The van der Waals surface area contributed by atoms with E-state index in [1.165, 1.54) is 132 Å². The molecule has 0 heteroatoms. The summed E-state index contributed by atoms with van der Waals surface area (Å²) >= 11 is 0. The minimum absolute atomic E-state index is 0.783. The van der Waals surface area contributed by atoms with Gasteiger partial charge in [0.15, 0.2) is 0 Å². The number of benzene rings is 1. The number of unbranched alkanes of at least 4 members (excludes halogenated alkanes) is 9. The lowest BCUT2D eigenvalue weighted by Gasteiger charge is -2.33. The number of aryl methyl sites for hydroxylation is 1. The zero-order valence-electron chi connectivity index (χ0n) is 22.0. The average Bonchev–Trinajstić information content (AvgIpc) is 2.87. The van der Waals surface area contributed by atoms with Crippen LogP contribution in [0.2, 0.25) is 0 Å². The Morgan fingerprint density at radius 3 is 1.97 bits per heavy atom. The van der Waals surface area contributed by atoms with E-state index < -0.39 is 0 Å². The quantitative estimate of drug-likeness (QED) is 0.234. The SMILES string of the molecule is CCCCCCCCCC[C@H]1CC[C@H](C2C=CC(c3ccc(CCCCC)cc3)=CC2)CC1. The molecule has 0 nitrogen and oxygen atoms in total. The molecule has 1 unspecified atom stereocenters. The predicted octanol–water partition coefficient (Wildman–Crippen LogP) is 10.7. The number of allylic oxidation sites excluding steroid dienone is 4. The molecular weight excluding hydrogens is 396 g/mol. The first-order valence-corrected chi connectivity index (χ1v) is 14.8. The zero-order chi connectivity index (χ0) is 23.1. The average molecular weight is 449 g/mol. The summed E-state index contributed by atoms with van der Waals surface area (Å²) in [4.78, 5) is 0. The normalized spacial score (nSPS) is 23.0. The molecule has 3 rings (SSSR count). The van der Waals surface area contributed by atoms with Gasteiger partial charge in [-0.1, -0.05) is 140 Å². The van der Waals surface area contributed by atoms with Gasteiger partial charge in [0.1, 0.15) is 0 Å². The molecule has 1 saturated carbocycles. The number of hydrogen-bond acceptors (Lipinski definition) is 0. The van der Waals surface area contributed by atoms with Crippen LogP contribution in [0.3, 0.4) is 0 Å². The van der Waals surface area contributed by atoms with Gasteiger partial charge in [-0.05, 0) is 66.6 Å². The van der Waals surface area contributed by atoms with Gasteiger partial charge < -0.3 is 0 Å². The van der Waals surface area contributed by atoms with Gasteiger partial charge in [-0.15, -0.1) is 0 Å².